The van der Waals surface area contributed by atoms with Gasteiger partial charge in [0.25, 0.3) is 5.91 Å². The molecule has 1 amide bonds. The summed E-state index contributed by atoms with van der Waals surface area (Å²) in [4.78, 5) is 12.5. The number of hydrogen-bond donors (Lipinski definition) is 1. The molecule has 6 nitrogen and oxygen atoms in total. The Labute approximate surface area is 176 Å². The number of aromatic nitrogens is 1. The zero-order valence-electron chi connectivity index (χ0n) is 16.2. The molecule has 0 saturated heterocycles. The standard InChI is InChI=1S/C21H20BrFN2O4/c1-12-17(13(2)29-25-12)11-28-19-7-4-14(9-20(19)27-3)21(26)24-10-15-8-16(22)5-6-18(15)23/h4-9H,10-11H2,1-3H3,(H,24,26). The van der Waals surface area contributed by atoms with Crippen LogP contribution in [0.25, 0.3) is 0 Å². The van der Waals surface area contributed by atoms with E-state index in [-0.39, 0.29) is 24.9 Å². The number of benzene rings is 2. The SMILES string of the molecule is COc1cc(C(=O)NCc2cc(Br)ccc2F)ccc1OCc1c(C)noc1C. The van der Waals surface area contributed by atoms with Crippen molar-refractivity contribution in [3.8, 4) is 11.5 Å². The van der Waals surface area contributed by atoms with Crippen molar-refractivity contribution >= 4 is 21.8 Å². The Bertz CT molecular complexity index is 1020. The molecule has 0 radical (unpaired) electrons. The number of nitrogens with zero attached hydrogens (tertiary/aromatic N) is 1. The lowest BCUT2D eigenvalue weighted by atomic mass is 10.1. The molecule has 0 fully saturated rings. The number of amides is 1. The molecule has 8 heteroatoms. The Kier molecular flexibility index (Phi) is 6.53. The zero-order valence-corrected chi connectivity index (χ0v) is 17.8. The van der Waals surface area contributed by atoms with Gasteiger partial charge in [0.15, 0.2) is 11.5 Å². The van der Waals surface area contributed by atoms with Gasteiger partial charge in [-0.15, -0.1) is 0 Å². The van der Waals surface area contributed by atoms with Gasteiger partial charge in [0.1, 0.15) is 18.2 Å². The third-order valence-corrected chi connectivity index (χ3v) is 4.92. The molecule has 0 unspecified atom stereocenters. The van der Waals surface area contributed by atoms with Crippen LogP contribution in [0.3, 0.4) is 0 Å². The first-order valence-electron chi connectivity index (χ1n) is 8.83. The molecule has 152 valence electrons. The van der Waals surface area contributed by atoms with E-state index in [2.05, 4.69) is 26.4 Å². The number of rotatable bonds is 7. The fourth-order valence-corrected chi connectivity index (χ4v) is 3.15. The lowest BCUT2D eigenvalue weighted by molar-refractivity contribution is 0.0950. The van der Waals surface area contributed by atoms with Crippen molar-refractivity contribution in [1.82, 2.24) is 10.5 Å². The zero-order chi connectivity index (χ0) is 21.0. The van der Waals surface area contributed by atoms with E-state index in [9.17, 15) is 9.18 Å². The fraction of sp³-hybridized carbons (Fsp3) is 0.238. The van der Waals surface area contributed by atoms with Crippen LogP contribution in [-0.2, 0) is 13.2 Å². The lowest BCUT2D eigenvalue weighted by Crippen LogP contribution is -2.23. The first-order chi connectivity index (χ1) is 13.9. The van der Waals surface area contributed by atoms with Gasteiger partial charge in [-0.05, 0) is 50.2 Å². The monoisotopic (exact) mass is 462 g/mol. The number of ether oxygens (including phenoxy) is 2. The summed E-state index contributed by atoms with van der Waals surface area (Å²) < 4.78 is 30.9. The van der Waals surface area contributed by atoms with Crippen molar-refractivity contribution in [2.45, 2.75) is 27.0 Å². The quantitative estimate of drug-likeness (QED) is 0.550. The molecule has 1 N–H and O–H groups in total. The van der Waals surface area contributed by atoms with Crippen LogP contribution in [0.5, 0.6) is 11.5 Å². The predicted molar refractivity (Wildman–Crippen MR) is 109 cm³/mol. The van der Waals surface area contributed by atoms with Gasteiger partial charge in [-0.1, -0.05) is 21.1 Å². The molecular weight excluding hydrogens is 443 g/mol. The molecule has 3 rings (SSSR count). The summed E-state index contributed by atoms with van der Waals surface area (Å²) in [6.07, 6.45) is 0. The van der Waals surface area contributed by atoms with E-state index in [1.807, 2.05) is 13.8 Å². The third-order valence-electron chi connectivity index (χ3n) is 4.43. The van der Waals surface area contributed by atoms with E-state index >= 15 is 0 Å². The molecule has 0 aliphatic carbocycles. The molecule has 3 aromatic rings. The average Bonchev–Trinajstić information content (AvgIpc) is 3.04. The fourth-order valence-electron chi connectivity index (χ4n) is 2.74. The molecule has 0 atom stereocenters. The minimum Gasteiger partial charge on any atom is -0.493 e. The molecule has 0 spiro atoms. The Morgan fingerprint density at radius 2 is 2.00 bits per heavy atom. The summed E-state index contributed by atoms with van der Waals surface area (Å²) in [5, 5.41) is 6.60. The Morgan fingerprint density at radius 1 is 1.21 bits per heavy atom. The Morgan fingerprint density at radius 3 is 2.69 bits per heavy atom. The van der Waals surface area contributed by atoms with Crippen molar-refractivity contribution in [1.29, 1.82) is 0 Å². The van der Waals surface area contributed by atoms with Crippen LogP contribution in [0.4, 0.5) is 4.39 Å². The maximum atomic E-state index is 13.8. The molecule has 0 aliphatic heterocycles. The molecule has 29 heavy (non-hydrogen) atoms. The van der Waals surface area contributed by atoms with Crippen molar-refractivity contribution in [3.05, 3.63) is 74.8 Å². The minimum absolute atomic E-state index is 0.0662. The van der Waals surface area contributed by atoms with Crippen LogP contribution in [0, 0.1) is 19.7 Å². The number of carbonyl (C=O) groups is 1. The summed E-state index contributed by atoms with van der Waals surface area (Å²) in [7, 11) is 1.50. The first-order valence-corrected chi connectivity index (χ1v) is 9.63. The number of carbonyl (C=O) groups excluding carboxylic acids is 1. The molecule has 0 saturated carbocycles. The molecule has 1 aromatic heterocycles. The highest BCUT2D eigenvalue weighted by molar-refractivity contribution is 9.10. The summed E-state index contributed by atoms with van der Waals surface area (Å²) in [5.41, 5.74) is 2.39. The van der Waals surface area contributed by atoms with Crippen molar-refractivity contribution in [3.63, 3.8) is 0 Å². The molecule has 0 bridgehead atoms. The topological polar surface area (TPSA) is 73.6 Å². The lowest BCUT2D eigenvalue weighted by Gasteiger charge is -2.12. The molecule has 1 heterocycles. The van der Waals surface area contributed by atoms with E-state index in [0.717, 1.165) is 15.7 Å². The van der Waals surface area contributed by atoms with Crippen molar-refractivity contribution < 1.29 is 23.2 Å². The number of methoxy groups -OCH3 is 1. The van der Waals surface area contributed by atoms with Gasteiger partial charge in [-0.2, -0.15) is 0 Å². The smallest absolute Gasteiger partial charge is 0.251 e. The van der Waals surface area contributed by atoms with Gasteiger partial charge >= 0.3 is 0 Å². The van der Waals surface area contributed by atoms with Crippen LogP contribution in [0.1, 0.15) is 32.9 Å². The second-order valence-electron chi connectivity index (χ2n) is 6.38. The van der Waals surface area contributed by atoms with Crippen LogP contribution in [-0.4, -0.2) is 18.2 Å². The van der Waals surface area contributed by atoms with Gasteiger partial charge in [0, 0.05) is 22.1 Å². The number of nitrogens with one attached hydrogen (secondary N) is 1. The summed E-state index contributed by atoms with van der Waals surface area (Å²) in [6, 6.07) is 9.44. The van der Waals surface area contributed by atoms with Gasteiger partial charge in [-0.3, -0.25) is 4.79 Å². The third kappa shape index (κ3) is 4.95. The van der Waals surface area contributed by atoms with Gasteiger partial charge in [0.2, 0.25) is 0 Å². The van der Waals surface area contributed by atoms with Gasteiger partial charge in [-0.25, -0.2) is 4.39 Å². The van der Waals surface area contributed by atoms with Gasteiger partial charge in [0.05, 0.1) is 18.4 Å². The summed E-state index contributed by atoms with van der Waals surface area (Å²) in [5.74, 6) is 0.867. The highest BCUT2D eigenvalue weighted by atomic mass is 79.9. The van der Waals surface area contributed by atoms with Crippen LogP contribution >= 0.6 is 15.9 Å². The van der Waals surface area contributed by atoms with E-state index in [1.54, 1.807) is 30.3 Å². The van der Waals surface area contributed by atoms with Crippen LogP contribution < -0.4 is 14.8 Å². The second-order valence-corrected chi connectivity index (χ2v) is 7.29. The average molecular weight is 463 g/mol. The van der Waals surface area contributed by atoms with E-state index in [1.165, 1.54) is 13.2 Å². The number of aryl methyl sites for hydroxylation is 2. The molecule has 0 aliphatic rings. The number of hydrogen-bond acceptors (Lipinski definition) is 5. The van der Waals surface area contributed by atoms with Gasteiger partial charge < -0.3 is 19.3 Å². The predicted octanol–water partition coefficient (Wildman–Crippen LogP) is 4.71. The largest absolute Gasteiger partial charge is 0.493 e. The second kappa shape index (κ2) is 9.09. The maximum Gasteiger partial charge on any atom is 0.251 e. The van der Waals surface area contributed by atoms with E-state index in [4.69, 9.17) is 14.0 Å². The van der Waals surface area contributed by atoms with Crippen LogP contribution in [0.2, 0.25) is 0 Å². The summed E-state index contributed by atoms with van der Waals surface area (Å²) in [6.45, 7) is 3.99. The van der Waals surface area contributed by atoms with Crippen molar-refractivity contribution in [2.75, 3.05) is 7.11 Å². The summed E-state index contributed by atoms with van der Waals surface area (Å²) >= 11 is 3.29. The Balaban J connectivity index is 1.69. The maximum absolute atomic E-state index is 13.8. The molecular formula is C21H20BrFN2O4. The van der Waals surface area contributed by atoms with Crippen LogP contribution in [0.15, 0.2) is 45.4 Å². The highest BCUT2D eigenvalue weighted by Gasteiger charge is 2.14. The van der Waals surface area contributed by atoms with Crippen molar-refractivity contribution in [2.24, 2.45) is 0 Å². The normalized spacial score (nSPS) is 10.7. The Hall–Kier alpha value is -2.87. The van der Waals surface area contributed by atoms with E-state index in [0.29, 0.717) is 28.4 Å². The highest BCUT2D eigenvalue weighted by Crippen LogP contribution is 2.29. The first kappa shape index (κ1) is 20.9. The number of halogens is 2. The minimum atomic E-state index is -0.380. The molecule has 2 aromatic carbocycles. The van der Waals surface area contributed by atoms with E-state index < -0.39 is 0 Å².